The van der Waals surface area contributed by atoms with E-state index in [1.807, 2.05) is 42.9 Å². The number of aromatic nitrogens is 3. The first-order chi connectivity index (χ1) is 17.1. The van der Waals surface area contributed by atoms with Crippen molar-refractivity contribution in [2.45, 2.75) is 77.6 Å². The number of carboxylic acid groups (broad SMARTS) is 1. The zero-order valence-corrected chi connectivity index (χ0v) is 22.1. The zero-order valence-electron chi connectivity index (χ0n) is 21.4. The van der Waals surface area contributed by atoms with E-state index < -0.39 is 5.97 Å². The van der Waals surface area contributed by atoms with Gasteiger partial charge in [-0.3, -0.25) is 14.3 Å². The third-order valence-electron chi connectivity index (χ3n) is 6.69. The van der Waals surface area contributed by atoms with Crippen molar-refractivity contribution in [3.63, 3.8) is 0 Å². The molecule has 1 N–H and O–H groups in total. The van der Waals surface area contributed by atoms with Crippen molar-refractivity contribution in [2.75, 3.05) is 0 Å². The summed E-state index contributed by atoms with van der Waals surface area (Å²) in [7, 11) is 1.90. The molecule has 2 aromatic heterocycles. The number of carbonyl (C=O) groups excluding carboxylic acids is 1. The van der Waals surface area contributed by atoms with E-state index in [1.54, 1.807) is 0 Å². The van der Waals surface area contributed by atoms with Crippen LogP contribution in [-0.2, 0) is 29.5 Å². The van der Waals surface area contributed by atoms with Crippen LogP contribution in [0.1, 0.15) is 85.9 Å². The molecule has 192 valence electrons. The Balaban J connectivity index is 1.64. The second-order valence-electron chi connectivity index (χ2n) is 10.5. The summed E-state index contributed by atoms with van der Waals surface area (Å²) in [6.45, 7) is 6.27. The summed E-state index contributed by atoms with van der Waals surface area (Å²) in [4.78, 5) is 24.6. The lowest BCUT2D eigenvalue weighted by molar-refractivity contribution is -0.137. The average Bonchev–Trinajstić information content (AvgIpc) is 3.44. The third kappa shape index (κ3) is 6.25. The number of ketones is 1. The van der Waals surface area contributed by atoms with Gasteiger partial charge in [0.25, 0.3) is 0 Å². The number of aliphatic carboxylic acids is 1. The Morgan fingerprint density at radius 1 is 1.25 bits per heavy atom. The van der Waals surface area contributed by atoms with Gasteiger partial charge >= 0.3 is 5.97 Å². The van der Waals surface area contributed by atoms with E-state index in [9.17, 15) is 14.7 Å². The summed E-state index contributed by atoms with van der Waals surface area (Å²) in [6.07, 6.45) is 3.58. The van der Waals surface area contributed by atoms with Crippen LogP contribution in [0.2, 0.25) is 5.02 Å². The van der Waals surface area contributed by atoms with Gasteiger partial charge in [-0.05, 0) is 67.7 Å². The Kier molecular flexibility index (Phi) is 7.98. The summed E-state index contributed by atoms with van der Waals surface area (Å²) in [6, 6.07) is 7.71. The first-order valence-electron chi connectivity index (χ1n) is 12.6. The summed E-state index contributed by atoms with van der Waals surface area (Å²) in [5.74, 6) is 0.243. The van der Waals surface area contributed by atoms with E-state index in [-0.39, 0.29) is 31.0 Å². The standard InChI is InChI=1S/C28H34ClN3O4/c1-16(2)11-21-15-24(32(4)30-21)28-26(18-7-8-18)27(31-36-28)20(9-10-25(34)35)14-22(33)13-19-6-5-17(3)12-23(19)29/h5-6,12,15-16,18,20H,7-11,13-14H2,1-4H3,(H,34,35)/t20-/m0/s1. The van der Waals surface area contributed by atoms with Gasteiger partial charge in [-0.15, -0.1) is 0 Å². The van der Waals surface area contributed by atoms with Gasteiger partial charge in [0.05, 0.1) is 11.4 Å². The monoisotopic (exact) mass is 511 g/mol. The minimum Gasteiger partial charge on any atom is -0.481 e. The number of carboxylic acids is 1. The van der Waals surface area contributed by atoms with Gasteiger partial charge in [0.15, 0.2) is 5.76 Å². The normalized spacial score (nSPS) is 14.4. The highest BCUT2D eigenvalue weighted by Gasteiger charge is 2.37. The summed E-state index contributed by atoms with van der Waals surface area (Å²) in [5, 5.41) is 19.0. The highest BCUT2D eigenvalue weighted by atomic mass is 35.5. The number of hydrogen-bond donors (Lipinski definition) is 1. The molecule has 36 heavy (non-hydrogen) atoms. The molecule has 8 heteroatoms. The van der Waals surface area contributed by atoms with Crippen LogP contribution >= 0.6 is 11.6 Å². The van der Waals surface area contributed by atoms with Crippen molar-refractivity contribution in [2.24, 2.45) is 13.0 Å². The molecule has 2 heterocycles. The molecule has 0 radical (unpaired) electrons. The minimum atomic E-state index is -0.893. The lowest BCUT2D eigenvalue weighted by atomic mass is 9.87. The van der Waals surface area contributed by atoms with Crippen LogP contribution in [0, 0.1) is 12.8 Å². The maximum Gasteiger partial charge on any atom is 0.303 e. The molecule has 1 aliphatic rings. The molecule has 0 spiro atoms. The molecular weight excluding hydrogens is 478 g/mol. The summed E-state index contributed by atoms with van der Waals surface area (Å²) < 4.78 is 7.74. The second-order valence-corrected chi connectivity index (χ2v) is 10.9. The van der Waals surface area contributed by atoms with Gasteiger partial charge in [-0.2, -0.15) is 5.10 Å². The smallest absolute Gasteiger partial charge is 0.303 e. The first kappa shape index (κ1) is 26.1. The van der Waals surface area contributed by atoms with Gasteiger partial charge in [-0.25, -0.2) is 0 Å². The van der Waals surface area contributed by atoms with E-state index in [2.05, 4.69) is 24.1 Å². The van der Waals surface area contributed by atoms with E-state index >= 15 is 0 Å². The van der Waals surface area contributed by atoms with Gasteiger partial charge in [0.2, 0.25) is 0 Å². The molecule has 1 saturated carbocycles. The molecule has 3 aromatic rings. The van der Waals surface area contributed by atoms with Crippen molar-refractivity contribution in [1.82, 2.24) is 14.9 Å². The largest absolute Gasteiger partial charge is 0.481 e. The van der Waals surface area contributed by atoms with Crippen molar-refractivity contribution >= 4 is 23.4 Å². The number of halogens is 1. The average molecular weight is 512 g/mol. The van der Waals surface area contributed by atoms with E-state index in [0.29, 0.717) is 34.7 Å². The molecule has 1 aliphatic carbocycles. The highest BCUT2D eigenvalue weighted by Crippen LogP contribution is 2.49. The molecule has 1 atom stereocenters. The van der Waals surface area contributed by atoms with Gasteiger partial charge in [0.1, 0.15) is 11.5 Å². The van der Waals surface area contributed by atoms with Crippen LogP contribution in [0.5, 0.6) is 0 Å². The number of hydrogen-bond acceptors (Lipinski definition) is 5. The molecule has 1 aromatic carbocycles. The van der Waals surface area contributed by atoms with Crippen LogP contribution in [0.4, 0.5) is 0 Å². The molecule has 1 fully saturated rings. The molecular formula is C28H34ClN3O4. The predicted octanol–water partition coefficient (Wildman–Crippen LogP) is 6.26. The Morgan fingerprint density at radius 3 is 2.64 bits per heavy atom. The van der Waals surface area contributed by atoms with E-state index in [4.69, 9.17) is 16.1 Å². The SMILES string of the molecule is Cc1ccc(CC(=O)C[C@H](CCC(=O)O)c2noc(-c3cc(CC(C)C)nn3C)c2C2CC2)c(Cl)c1. The molecule has 0 amide bonds. The fourth-order valence-electron chi connectivity index (χ4n) is 4.80. The second kappa shape index (κ2) is 11.0. The minimum absolute atomic E-state index is 0.00203. The van der Waals surface area contributed by atoms with Crippen molar-refractivity contribution in [3.8, 4) is 11.5 Å². The number of Topliss-reactive ketones (excluding diaryl/α,β-unsaturated/α-hetero) is 1. The predicted molar refractivity (Wildman–Crippen MR) is 138 cm³/mol. The maximum absolute atomic E-state index is 13.1. The number of rotatable bonds is 12. The van der Waals surface area contributed by atoms with Crippen molar-refractivity contribution in [1.29, 1.82) is 0 Å². The Hall–Kier alpha value is -2.93. The van der Waals surface area contributed by atoms with Crippen LogP contribution in [0.25, 0.3) is 11.5 Å². The van der Waals surface area contributed by atoms with Gasteiger partial charge < -0.3 is 9.63 Å². The van der Waals surface area contributed by atoms with Crippen LogP contribution in [0.3, 0.4) is 0 Å². The molecule has 0 bridgehead atoms. The fourth-order valence-corrected chi connectivity index (χ4v) is 5.10. The number of benzene rings is 1. The molecule has 7 nitrogen and oxygen atoms in total. The Morgan fingerprint density at radius 2 is 2.00 bits per heavy atom. The third-order valence-corrected chi connectivity index (χ3v) is 7.04. The topological polar surface area (TPSA) is 98.2 Å². The molecule has 0 unspecified atom stereocenters. The Labute approximate surface area is 216 Å². The van der Waals surface area contributed by atoms with Gasteiger partial charge in [0, 0.05) is 42.8 Å². The summed E-state index contributed by atoms with van der Waals surface area (Å²) in [5.41, 5.74) is 5.39. The molecule has 4 rings (SSSR count). The Bertz CT molecular complexity index is 1260. The van der Waals surface area contributed by atoms with Crippen LogP contribution < -0.4 is 0 Å². The first-order valence-corrected chi connectivity index (χ1v) is 13.0. The lowest BCUT2D eigenvalue weighted by Crippen LogP contribution is -2.13. The van der Waals surface area contributed by atoms with Crippen molar-refractivity contribution < 1.29 is 19.2 Å². The van der Waals surface area contributed by atoms with Crippen LogP contribution in [-0.4, -0.2) is 31.8 Å². The van der Waals surface area contributed by atoms with E-state index in [1.165, 1.54) is 0 Å². The molecule has 0 aliphatic heterocycles. The summed E-state index contributed by atoms with van der Waals surface area (Å²) >= 11 is 6.36. The highest BCUT2D eigenvalue weighted by molar-refractivity contribution is 6.31. The quantitative estimate of drug-likeness (QED) is 0.308. The van der Waals surface area contributed by atoms with Gasteiger partial charge in [-0.1, -0.05) is 42.7 Å². The van der Waals surface area contributed by atoms with E-state index in [0.717, 1.165) is 47.3 Å². The zero-order chi connectivity index (χ0) is 26.0. The lowest BCUT2D eigenvalue weighted by Gasteiger charge is -2.15. The molecule has 0 saturated heterocycles. The number of aryl methyl sites for hydroxylation is 2. The number of nitrogens with zero attached hydrogens (tertiary/aromatic N) is 3. The fraction of sp³-hybridized carbons (Fsp3) is 0.500. The maximum atomic E-state index is 13.1. The van der Waals surface area contributed by atoms with Crippen molar-refractivity contribution in [3.05, 3.63) is 57.4 Å². The van der Waals surface area contributed by atoms with Crippen LogP contribution in [0.15, 0.2) is 28.8 Å². The number of carbonyl (C=O) groups is 2.